The van der Waals surface area contributed by atoms with E-state index in [0.717, 1.165) is 32.2 Å². The smallest absolute Gasteiger partial charge is 0.00743 e. The average molecular weight is 263 g/mol. The summed E-state index contributed by atoms with van der Waals surface area (Å²) in [5, 5.41) is 0. The van der Waals surface area contributed by atoms with Crippen LogP contribution in [0.4, 0.5) is 0 Å². The molecule has 2 N–H and O–H groups in total. The fourth-order valence-electron chi connectivity index (χ4n) is 3.00. The SMILES string of the molecule is NCCCC=C1c2ccccc2CCc2ccccc21. The van der Waals surface area contributed by atoms with Gasteiger partial charge in [0.25, 0.3) is 0 Å². The van der Waals surface area contributed by atoms with Crippen LogP contribution in [0.2, 0.25) is 0 Å². The minimum absolute atomic E-state index is 0.757. The summed E-state index contributed by atoms with van der Waals surface area (Å²) >= 11 is 0. The van der Waals surface area contributed by atoms with Crippen LogP contribution in [0, 0.1) is 0 Å². The number of rotatable bonds is 3. The molecule has 0 fully saturated rings. The van der Waals surface area contributed by atoms with Crippen molar-refractivity contribution in [3.8, 4) is 0 Å². The van der Waals surface area contributed by atoms with E-state index in [1.54, 1.807) is 0 Å². The standard InChI is InChI=1S/C19H21N/c20-14-6-5-11-19-17-9-3-1-7-15(17)12-13-16-8-2-4-10-18(16)19/h1-4,7-11H,5-6,12-14,20H2. The van der Waals surface area contributed by atoms with Gasteiger partial charge in [0.15, 0.2) is 0 Å². The molecule has 2 aromatic carbocycles. The van der Waals surface area contributed by atoms with Crippen molar-refractivity contribution in [1.82, 2.24) is 0 Å². The first kappa shape index (κ1) is 13.1. The number of aryl methyl sites for hydroxylation is 2. The highest BCUT2D eigenvalue weighted by Gasteiger charge is 2.16. The third-order valence-corrected chi connectivity index (χ3v) is 4.04. The van der Waals surface area contributed by atoms with Gasteiger partial charge in [-0.05, 0) is 60.1 Å². The molecule has 0 bridgehead atoms. The molecule has 0 heterocycles. The zero-order valence-corrected chi connectivity index (χ0v) is 11.8. The maximum absolute atomic E-state index is 5.63. The van der Waals surface area contributed by atoms with Gasteiger partial charge in [0.05, 0.1) is 0 Å². The Balaban J connectivity index is 2.11. The Kier molecular flexibility index (Phi) is 3.98. The predicted octanol–water partition coefficient (Wildman–Crippen LogP) is 3.96. The molecule has 1 aliphatic rings. The lowest BCUT2D eigenvalue weighted by atomic mass is 9.93. The summed E-state index contributed by atoms with van der Waals surface area (Å²) in [5.74, 6) is 0. The second kappa shape index (κ2) is 6.06. The maximum atomic E-state index is 5.63. The van der Waals surface area contributed by atoms with Gasteiger partial charge in [-0.1, -0.05) is 54.6 Å². The molecule has 0 atom stereocenters. The van der Waals surface area contributed by atoms with Gasteiger partial charge in [0.2, 0.25) is 0 Å². The van der Waals surface area contributed by atoms with Crippen molar-refractivity contribution < 1.29 is 0 Å². The minimum Gasteiger partial charge on any atom is -0.330 e. The zero-order chi connectivity index (χ0) is 13.8. The van der Waals surface area contributed by atoms with Crippen molar-refractivity contribution in [2.24, 2.45) is 5.73 Å². The quantitative estimate of drug-likeness (QED) is 0.834. The molecule has 0 spiro atoms. The van der Waals surface area contributed by atoms with Gasteiger partial charge in [0, 0.05) is 0 Å². The lowest BCUT2D eigenvalue weighted by Gasteiger charge is -2.11. The lowest BCUT2D eigenvalue weighted by Crippen LogP contribution is -1.97. The molecule has 0 aliphatic heterocycles. The molecule has 0 saturated carbocycles. The Hall–Kier alpha value is -1.86. The first-order valence-corrected chi connectivity index (χ1v) is 7.47. The summed E-state index contributed by atoms with van der Waals surface area (Å²) in [4.78, 5) is 0. The van der Waals surface area contributed by atoms with E-state index in [1.165, 1.54) is 27.8 Å². The summed E-state index contributed by atoms with van der Waals surface area (Å²) in [6.45, 7) is 0.757. The van der Waals surface area contributed by atoms with Crippen LogP contribution < -0.4 is 5.73 Å². The third-order valence-electron chi connectivity index (χ3n) is 4.04. The minimum atomic E-state index is 0.757. The topological polar surface area (TPSA) is 26.0 Å². The number of fused-ring (bicyclic) bond motifs is 2. The molecule has 0 aromatic heterocycles. The van der Waals surface area contributed by atoms with Crippen molar-refractivity contribution in [1.29, 1.82) is 0 Å². The van der Waals surface area contributed by atoms with E-state index in [9.17, 15) is 0 Å². The Labute approximate surface area is 121 Å². The van der Waals surface area contributed by atoms with Crippen molar-refractivity contribution in [3.63, 3.8) is 0 Å². The Bertz CT molecular complexity index is 576. The summed E-state index contributed by atoms with van der Waals surface area (Å²) < 4.78 is 0. The monoisotopic (exact) mass is 263 g/mol. The van der Waals surface area contributed by atoms with Crippen LogP contribution in [0.5, 0.6) is 0 Å². The van der Waals surface area contributed by atoms with Gasteiger partial charge in [-0.25, -0.2) is 0 Å². The summed E-state index contributed by atoms with van der Waals surface area (Å²) in [6.07, 6.45) is 6.72. The predicted molar refractivity (Wildman–Crippen MR) is 85.7 cm³/mol. The second-order valence-electron chi connectivity index (χ2n) is 5.36. The molecule has 0 unspecified atom stereocenters. The lowest BCUT2D eigenvalue weighted by molar-refractivity contribution is 0.856. The summed E-state index contributed by atoms with van der Waals surface area (Å²) in [6, 6.07) is 17.6. The number of nitrogens with two attached hydrogens (primary N) is 1. The number of benzene rings is 2. The fraction of sp³-hybridized carbons (Fsp3) is 0.263. The molecule has 3 rings (SSSR count). The first-order valence-electron chi connectivity index (χ1n) is 7.47. The number of hydrogen-bond acceptors (Lipinski definition) is 1. The highest BCUT2D eigenvalue weighted by molar-refractivity contribution is 5.83. The Morgan fingerprint density at radius 1 is 0.850 bits per heavy atom. The summed E-state index contributed by atoms with van der Waals surface area (Å²) in [7, 11) is 0. The molecule has 20 heavy (non-hydrogen) atoms. The molecule has 1 aliphatic carbocycles. The highest BCUT2D eigenvalue weighted by Crippen LogP contribution is 2.33. The van der Waals surface area contributed by atoms with Gasteiger partial charge in [-0.15, -0.1) is 0 Å². The highest BCUT2D eigenvalue weighted by atomic mass is 14.5. The molecule has 1 heteroatoms. The van der Waals surface area contributed by atoms with Crippen LogP contribution in [-0.4, -0.2) is 6.54 Å². The normalized spacial score (nSPS) is 13.3. The van der Waals surface area contributed by atoms with Gasteiger partial charge < -0.3 is 5.73 Å². The van der Waals surface area contributed by atoms with Gasteiger partial charge in [-0.3, -0.25) is 0 Å². The number of unbranched alkanes of at least 4 members (excludes halogenated alkanes) is 1. The average Bonchev–Trinajstić information content (AvgIpc) is 2.66. The third kappa shape index (κ3) is 2.54. The van der Waals surface area contributed by atoms with Crippen molar-refractivity contribution in [3.05, 3.63) is 76.9 Å². The van der Waals surface area contributed by atoms with Crippen molar-refractivity contribution in [2.75, 3.05) is 6.54 Å². The van der Waals surface area contributed by atoms with Crippen LogP contribution in [-0.2, 0) is 12.8 Å². The van der Waals surface area contributed by atoms with Crippen LogP contribution in [0.15, 0.2) is 54.6 Å². The first-order chi connectivity index (χ1) is 9.90. The molecule has 2 aromatic rings. The van der Waals surface area contributed by atoms with Gasteiger partial charge in [-0.2, -0.15) is 0 Å². The molecule has 0 saturated heterocycles. The van der Waals surface area contributed by atoms with E-state index < -0.39 is 0 Å². The second-order valence-corrected chi connectivity index (χ2v) is 5.36. The van der Waals surface area contributed by atoms with E-state index in [1.807, 2.05) is 0 Å². The number of allylic oxidation sites excluding steroid dienone is 1. The van der Waals surface area contributed by atoms with Gasteiger partial charge in [0.1, 0.15) is 0 Å². The summed E-state index contributed by atoms with van der Waals surface area (Å²) in [5.41, 5.74) is 12.7. The van der Waals surface area contributed by atoms with E-state index in [2.05, 4.69) is 54.6 Å². The van der Waals surface area contributed by atoms with Crippen LogP contribution in [0.25, 0.3) is 5.57 Å². The van der Waals surface area contributed by atoms with Gasteiger partial charge >= 0.3 is 0 Å². The largest absolute Gasteiger partial charge is 0.330 e. The van der Waals surface area contributed by atoms with Crippen LogP contribution in [0.3, 0.4) is 0 Å². The maximum Gasteiger partial charge on any atom is -0.00743 e. The molecule has 0 amide bonds. The molecular formula is C19H21N. The van der Waals surface area contributed by atoms with Crippen molar-refractivity contribution >= 4 is 5.57 Å². The molecule has 1 nitrogen and oxygen atoms in total. The van der Waals surface area contributed by atoms with E-state index in [4.69, 9.17) is 5.73 Å². The molecule has 0 radical (unpaired) electrons. The van der Waals surface area contributed by atoms with Crippen LogP contribution in [0.1, 0.15) is 35.1 Å². The molecular weight excluding hydrogens is 242 g/mol. The fourth-order valence-corrected chi connectivity index (χ4v) is 3.00. The van der Waals surface area contributed by atoms with E-state index in [-0.39, 0.29) is 0 Å². The Morgan fingerprint density at radius 2 is 1.40 bits per heavy atom. The molecule has 102 valence electrons. The van der Waals surface area contributed by atoms with E-state index >= 15 is 0 Å². The van der Waals surface area contributed by atoms with E-state index in [0.29, 0.717) is 0 Å². The zero-order valence-electron chi connectivity index (χ0n) is 11.8. The Morgan fingerprint density at radius 3 is 1.95 bits per heavy atom. The number of hydrogen-bond donors (Lipinski definition) is 1. The van der Waals surface area contributed by atoms with Crippen LogP contribution >= 0.6 is 0 Å². The van der Waals surface area contributed by atoms with Crippen molar-refractivity contribution in [2.45, 2.75) is 25.7 Å².